The molecular formula is C30H39N5O2. The lowest BCUT2D eigenvalue weighted by atomic mass is 10.1. The average Bonchev–Trinajstić information content (AvgIpc) is 3.64. The zero-order valence-corrected chi connectivity index (χ0v) is 22.3. The molecule has 0 saturated heterocycles. The van der Waals surface area contributed by atoms with Crippen molar-refractivity contribution in [2.24, 2.45) is 11.8 Å². The molecule has 196 valence electrons. The molecule has 2 heterocycles. The van der Waals surface area contributed by atoms with Crippen molar-refractivity contribution in [2.75, 3.05) is 51.8 Å². The number of rotatable bonds is 6. The summed E-state index contributed by atoms with van der Waals surface area (Å²) in [5.41, 5.74) is 4.02. The number of hydrogen-bond donors (Lipinski definition) is 1. The molecule has 5 rings (SSSR count). The third-order valence-corrected chi connectivity index (χ3v) is 7.47. The highest BCUT2D eigenvalue weighted by Gasteiger charge is 2.37. The fraction of sp³-hybridized carbons (Fsp3) is 0.467. The van der Waals surface area contributed by atoms with E-state index in [1.807, 2.05) is 18.2 Å². The summed E-state index contributed by atoms with van der Waals surface area (Å²) >= 11 is 0. The van der Waals surface area contributed by atoms with Crippen LogP contribution < -0.4 is 14.8 Å². The van der Waals surface area contributed by atoms with Gasteiger partial charge in [0.25, 0.3) is 0 Å². The average molecular weight is 502 g/mol. The Labute approximate surface area is 220 Å². The molecule has 37 heavy (non-hydrogen) atoms. The molecule has 1 saturated carbocycles. The molecule has 1 fully saturated rings. The van der Waals surface area contributed by atoms with Gasteiger partial charge in [0, 0.05) is 42.6 Å². The van der Waals surface area contributed by atoms with Gasteiger partial charge in [-0.3, -0.25) is 0 Å². The molecule has 0 spiro atoms. The summed E-state index contributed by atoms with van der Waals surface area (Å²) in [7, 11) is 2.21. The molecular weight excluding hydrogens is 462 g/mol. The summed E-state index contributed by atoms with van der Waals surface area (Å²) in [6.07, 6.45) is 4.17. The smallest absolute Gasteiger partial charge is 0.227 e. The van der Waals surface area contributed by atoms with Gasteiger partial charge in [-0.05, 0) is 81.2 Å². The minimum Gasteiger partial charge on any atom is -0.494 e. The van der Waals surface area contributed by atoms with Crippen LogP contribution in [0.25, 0.3) is 11.3 Å². The molecule has 6 bridgehead atoms. The monoisotopic (exact) mass is 501 g/mol. The van der Waals surface area contributed by atoms with E-state index in [1.54, 1.807) is 6.20 Å². The van der Waals surface area contributed by atoms with Crippen molar-refractivity contribution < 1.29 is 9.47 Å². The Bertz CT molecular complexity index is 1180. The van der Waals surface area contributed by atoms with Gasteiger partial charge in [0.2, 0.25) is 5.95 Å². The highest BCUT2D eigenvalue weighted by Crippen LogP contribution is 2.42. The third kappa shape index (κ3) is 6.79. The predicted molar refractivity (Wildman–Crippen MR) is 149 cm³/mol. The van der Waals surface area contributed by atoms with Gasteiger partial charge >= 0.3 is 0 Å². The van der Waals surface area contributed by atoms with Crippen LogP contribution in [0, 0.1) is 11.8 Å². The van der Waals surface area contributed by atoms with Gasteiger partial charge in [-0.2, -0.15) is 0 Å². The van der Waals surface area contributed by atoms with Crippen molar-refractivity contribution in [2.45, 2.75) is 33.2 Å². The maximum absolute atomic E-state index is 6.30. The zero-order valence-electron chi connectivity index (χ0n) is 22.3. The van der Waals surface area contributed by atoms with E-state index in [4.69, 9.17) is 14.5 Å². The number of nitrogens with one attached hydrogen (secondary N) is 1. The van der Waals surface area contributed by atoms with Gasteiger partial charge in [0.15, 0.2) is 0 Å². The Morgan fingerprint density at radius 3 is 2.86 bits per heavy atom. The number of aromatic nitrogens is 2. The van der Waals surface area contributed by atoms with E-state index in [1.165, 1.54) is 12.0 Å². The van der Waals surface area contributed by atoms with Crippen molar-refractivity contribution in [3.8, 4) is 22.8 Å². The number of benzene rings is 2. The maximum Gasteiger partial charge on any atom is 0.227 e. The molecule has 2 aromatic carbocycles. The minimum absolute atomic E-state index is 0.570. The molecule has 1 aliphatic carbocycles. The van der Waals surface area contributed by atoms with Crippen molar-refractivity contribution in [1.82, 2.24) is 19.8 Å². The lowest BCUT2D eigenvalue weighted by Crippen LogP contribution is -2.28. The van der Waals surface area contributed by atoms with Crippen LogP contribution in [0.15, 0.2) is 54.7 Å². The topological polar surface area (TPSA) is 62.8 Å². The summed E-state index contributed by atoms with van der Waals surface area (Å²) in [4.78, 5) is 14.1. The molecule has 7 heteroatoms. The van der Waals surface area contributed by atoms with E-state index in [0.717, 1.165) is 86.0 Å². The first-order chi connectivity index (χ1) is 18.1. The van der Waals surface area contributed by atoms with E-state index in [9.17, 15) is 0 Å². The van der Waals surface area contributed by atoms with Crippen LogP contribution in [0.1, 0.15) is 32.3 Å². The SMILES string of the molecule is CCN(CC)CCOc1ccc2cc1CN(C)CC1CC1CCOc1cccc(c1)-c1ccnc(n1)N2. The normalized spacial score (nSPS) is 19.7. The van der Waals surface area contributed by atoms with Gasteiger partial charge in [-0.15, -0.1) is 0 Å². The van der Waals surface area contributed by atoms with Gasteiger partial charge in [-0.25, -0.2) is 9.97 Å². The van der Waals surface area contributed by atoms with Gasteiger partial charge in [0.1, 0.15) is 18.1 Å². The quantitative estimate of drug-likeness (QED) is 0.481. The van der Waals surface area contributed by atoms with Crippen molar-refractivity contribution in [3.05, 3.63) is 60.3 Å². The second-order valence-electron chi connectivity index (χ2n) is 10.2. The maximum atomic E-state index is 6.30. The fourth-order valence-corrected chi connectivity index (χ4v) is 5.17. The number of ether oxygens (including phenoxy) is 2. The molecule has 2 aliphatic rings. The van der Waals surface area contributed by atoms with Gasteiger partial charge in [0.05, 0.1) is 12.3 Å². The highest BCUT2D eigenvalue weighted by atomic mass is 16.5. The van der Waals surface area contributed by atoms with E-state index in [0.29, 0.717) is 12.6 Å². The van der Waals surface area contributed by atoms with Crippen LogP contribution in [0.5, 0.6) is 11.5 Å². The van der Waals surface area contributed by atoms with Gasteiger partial charge < -0.3 is 24.6 Å². The van der Waals surface area contributed by atoms with Crippen molar-refractivity contribution in [3.63, 3.8) is 0 Å². The van der Waals surface area contributed by atoms with Crippen LogP contribution in [0.2, 0.25) is 0 Å². The lowest BCUT2D eigenvalue weighted by Gasteiger charge is -2.22. The Morgan fingerprint density at radius 1 is 1.11 bits per heavy atom. The summed E-state index contributed by atoms with van der Waals surface area (Å²) in [6, 6.07) is 16.4. The van der Waals surface area contributed by atoms with Crippen LogP contribution in [0.4, 0.5) is 11.6 Å². The number of likely N-dealkylation sites (N-methyl/N-ethyl adjacent to an activating group) is 1. The number of anilines is 2. The zero-order chi connectivity index (χ0) is 25.6. The number of fused-ring (bicyclic) bond motifs is 8. The van der Waals surface area contributed by atoms with Crippen molar-refractivity contribution >= 4 is 11.6 Å². The highest BCUT2D eigenvalue weighted by molar-refractivity contribution is 5.64. The lowest BCUT2D eigenvalue weighted by molar-refractivity contribution is 0.218. The Morgan fingerprint density at radius 2 is 2.00 bits per heavy atom. The Kier molecular flexibility index (Phi) is 8.21. The van der Waals surface area contributed by atoms with Crippen LogP contribution in [-0.4, -0.2) is 66.2 Å². The Hall–Kier alpha value is -3.16. The van der Waals surface area contributed by atoms with E-state index >= 15 is 0 Å². The third-order valence-electron chi connectivity index (χ3n) is 7.47. The molecule has 1 N–H and O–H groups in total. The number of nitrogens with zero attached hydrogens (tertiary/aromatic N) is 4. The molecule has 2 atom stereocenters. The fourth-order valence-electron chi connectivity index (χ4n) is 5.17. The van der Waals surface area contributed by atoms with E-state index in [-0.39, 0.29) is 0 Å². The molecule has 7 nitrogen and oxygen atoms in total. The molecule has 0 amide bonds. The second-order valence-corrected chi connectivity index (χ2v) is 10.2. The first kappa shape index (κ1) is 25.5. The van der Waals surface area contributed by atoms with Crippen molar-refractivity contribution in [1.29, 1.82) is 0 Å². The first-order valence-electron chi connectivity index (χ1n) is 13.6. The Balaban J connectivity index is 1.41. The van der Waals surface area contributed by atoms with E-state index in [2.05, 4.69) is 71.3 Å². The number of hydrogen-bond acceptors (Lipinski definition) is 7. The summed E-state index contributed by atoms with van der Waals surface area (Å²) < 4.78 is 12.4. The van der Waals surface area contributed by atoms with Crippen LogP contribution >= 0.6 is 0 Å². The molecule has 1 aliphatic heterocycles. The molecule has 0 radical (unpaired) electrons. The van der Waals surface area contributed by atoms with E-state index < -0.39 is 0 Å². The largest absolute Gasteiger partial charge is 0.494 e. The van der Waals surface area contributed by atoms with Crippen LogP contribution in [0.3, 0.4) is 0 Å². The summed E-state index contributed by atoms with van der Waals surface area (Å²) in [5, 5.41) is 3.41. The molecule has 1 aromatic heterocycles. The summed E-state index contributed by atoms with van der Waals surface area (Å²) in [6.45, 7) is 10.7. The molecule has 3 aromatic rings. The summed E-state index contributed by atoms with van der Waals surface area (Å²) in [5.74, 6) is 3.89. The van der Waals surface area contributed by atoms with Crippen LogP contribution in [-0.2, 0) is 6.54 Å². The second kappa shape index (κ2) is 11.9. The minimum atomic E-state index is 0.570. The predicted octanol–water partition coefficient (Wildman–Crippen LogP) is 5.46. The first-order valence-corrected chi connectivity index (χ1v) is 13.6. The standard InChI is InChI=1S/C30H39N5O2/c1-4-35(5-2)14-16-37-29-10-9-26-18-25(29)21-34(3)20-24-17-22(24)12-15-36-27-8-6-7-23(19-27)28-11-13-31-30(32-26)33-28/h6-11,13,18-19,22,24H,4-5,12,14-17,20-21H2,1-3H3,(H,31,32,33). The van der Waals surface area contributed by atoms with Gasteiger partial charge in [-0.1, -0.05) is 26.0 Å². The molecule has 2 unspecified atom stereocenters.